The summed E-state index contributed by atoms with van der Waals surface area (Å²) >= 11 is 0. The maximum atomic E-state index is 4.81. The minimum Gasteiger partial charge on any atom is -0.369 e. The lowest BCUT2D eigenvalue weighted by molar-refractivity contribution is 0.649. The van der Waals surface area contributed by atoms with Gasteiger partial charge in [0.15, 0.2) is 5.96 Å². The fraction of sp³-hybridized carbons (Fsp3) is 0.545. The van der Waals surface area contributed by atoms with Crippen molar-refractivity contribution in [1.82, 2.24) is 20.4 Å². The average molecular weight is 510 g/mol. The molecule has 3 rings (SSSR count). The number of halogens is 1. The highest BCUT2D eigenvalue weighted by atomic mass is 127. The van der Waals surface area contributed by atoms with E-state index in [4.69, 9.17) is 4.99 Å². The van der Waals surface area contributed by atoms with E-state index in [2.05, 4.69) is 72.6 Å². The molecule has 0 radical (unpaired) electrons. The topological polar surface area (TPSA) is 57.5 Å². The first-order valence-electron chi connectivity index (χ1n) is 10.3. The second kappa shape index (κ2) is 10.8. The molecule has 0 amide bonds. The molecule has 160 valence electrons. The average Bonchev–Trinajstić information content (AvgIpc) is 3.22. The number of benzene rings is 1. The van der Waals surface area contributed by atoms with Crippen LogP contribution in [-0.2, 0) is 13.5 Å². The van der Waals surface area contributed by atoms with Gasteiger partial charge in [-0.2, -0.15) is 5.10 Å². The quantitative estimate of drug-likeness (QED) is 0.356. The summed E-state index contributed by atoms with van der Waals surface area (Å²) in [6, 6.07) is 9.22. The molecule has 7 heteroatoms. The zero-order chi connectivity index (χ0) is 20.1. The summed E-state index contributed by atoms with van der Waals surface area (Å²) in [6.45, 7) is 12.2. The van der Waals surface area contributed by atoms with Gasteiger partial charge in [-0.25, -0.2) is 0 Å². The van der Waals surface area contributed by atoms with Crippen molar-refractivity contribution in [3.63, 3.8) is 0 Å². The minimum absolute atomic E-state index is 0. The van der Waals surface area contributed by atoms with Crippen LogP contribution < -0.4 is 15.5 Å². The lowest BCUT2D eigenvalue weighted by Crippen LogP contribution is -2.44. The highest BCUT2D eigenvalue weighted by Crippen LogP contribution is 2.20. The fourth-order valence-corrected chi connectivity index (χ4v) is 3.84. The van der Waals surface area contributed by atoms with Crippen molar-refractivity contribution in [1.29, 1.82) is 0 Å². The van der Waals surface area contributed by atoms with Crippen LogP contribution in [0.15, 0.2) is 29.3 Å². The molecule has 29 heavy (non-hydrogen) atoms. The Labute approximate surface area is 192 Å². The number of guanidine groups is 1. The molecule has 6 nitrogen and oxygen atoms in total. The van der Waals surface area contributed by atoms with Gasteiger partial charge in [-0.05, 0) is 58.2 Å². The number of hydrogen-bond acceptors (Lipinski definition) is 3. The highest BCUT2D eigenvalue weighted by Gasteiger charge is 2.23. The van der Waals surface area contributed by atoms with E-state index in [-0.39, 0.29) is 24.0 Å². The van der Waals surface area contributed by atoms with Crippen LogP contribution in [0.3, 0.4) is 0 Å². The Morgan fingerprint density at radius 3 is 2.55 bits per heavy atom. The molecule has 1 aromatic carbocycles. The SMILES string of the molecule is CCNC(=NCCc1c(C)nn(C)c1C)NC1CCN(c2ccc(C)cc2)C1.I. The predicted octanol–water partition coefficient (Wildman–Crippen LogP) is 3.34. The Kier molecular flexibility index (Phi) is 8.79. The minimum atomic E-state index is 0. The van der Waals surface area contributed by atoms with Gasteiger partial charge in [0, 0.05) is 50.6 Å². The summed E-state index contributed by atoms with van der Waals surface area (Å²) in [5, 5.41) is 11.5. The van der Waals surface area contributed by atoms with Gasteiger partial charge in [-0.15, -0.1) is 24.0 Å². The highest BCUT2D eigenvalue weighted by molar-refractivity contribution is 14.0. The zero-order valence-electron chi connectivity index (χ0n) is 18.3. The van der Waals surface area contributed by atoms with Crippen molar-refractivity contribution < 1.29 is 0 Å². The van der Waals surface area contributed by atoms with Gasteiger partial charge in [0.2, 0.25) is 0 Å². The van der Waals surface area contributed by atoms with Crippen molar-refractivity contribution in [2.45, 2.75) is 46.6 Å². The van der Waals surface area contributed by atoms with Crippen LogP contribution in [0.5, 0.6) is 0 Å². The third-order valence-corrected chi connectivity index (χ3v) is 5.56. The Hall–Kier alpha value is -1.77. The molecule has 1 atom stereocenters. The van der Waals surface area contributed by atoms with E-state index in [1.54, 1.807) is 0 Å². The van der Waals surface area contributed by atoms with E-state index >= 15 is 0 Å². The number of hydrogen-bond donors (Lipinski definition) is 2. The number of aliphatic imine (C=N–C) groups is 1. The molecule has 2 N–H and O–H groups in total. The van der Waals surface area contributed by atoms with Gasteiger partial charge < -0.3 is 15.5 Å². The van der Waals surface area contributed by atoms with E-state index in [1.807, 2.05) is 11.7 Å². The van der Waals surface area contributed by atoms with E-state index in [1.165, 1.54) is 22.5 Å². The molecule has 0 aliphatic carbocycles. The first-order valence-corrected chi connectivity index (χ1v) is 10.3. The third kappa shape index (κ3) is 6.10. The van der Waals surface area contributed by atoms with E-state index in [9.17, 15) is 0 Å². The maximum absolute atomic E-state index is 4.81. The van der Waals surface area contributed by atoms with Crippen molar-refractivity contribution in [2.75, 3.05) is 31.1 Å². The van der Waals surface area contributed by atoms with Crippen LogP contribution in [0.1, 0.15) is 35.9 Å². The summed E-state index contributed by atoms with van der Waals surface area (Å²) < 4.78 is 1.95. The number of nitrogens with zero attached hydrogens (tertiary/aromatic N) is 4. The number of anilines is 1. The summed E-state index contributed by atoms with van der Waals surface area (Å²) in [5.74, 6) is 0.914. The van der Waals surface area contributed by atoms with Gasteiger partial charge >= 0.3 is 0 Å². The molecular formula is C22H35IN6. The molecule has 1 aliphatic heterocycles. The monoisotopic (exact) mass is 510 g/mol. The van der Waals surface area contributed by atoms with Crippen molar-refractivity contribution in [2.24, 2.45) is 12.0 Å². The van der Waals surface area contributed by atoms with Crippen molar-refractivity contribution in [3.8, 4) is 0 Å². The van der Waals surface area contributed by atoms with E-state index < -0.39 is 0 Å². The number of aromatic nitrogens is 2. The van der Waals surface area contributed by atoms with E-state index in [0.29, 0.717) is 6.04 Å². The number of nitrogens with one attached hydrogen (secondary N) is 2. The van der Waals surface area contributed by atoms with Gasteiger partial charge in [0.1, 0.15) is 0 Å². The lowest BCUT2D eigenvalue weighted by Gasteiger charge is -2.20. The van der Waals surface area contributed by atoms with Crippen LogP contribution >= 0.6 is 24.0 Å². The van der Waals surface area contributed by atoms with Gasteiger partial charge in [-0.3, -0.25) is 9.67 Å². The Morgan fingerprint density at radius 1 is 1.21 bits per heavy atom. The predicted molar refractivity (Wildman–Crippen MR) is 133 cm³/mol. The molecule has 2 aromatic rings. The summed E-state index contributed by atoms with van der Waals surface area (Å²) in [4.78, 5) is 7.26. The van der Waals surface area contributed by atoms with Crippen molar-refractivity contribution >= 4 is 35.6 Å². The third-order valence-electron chi connectivity index (χ3n) is 5.56. The molecule has 1 fully saturated rings. The summed E-state index contributed by atoms with van der Waals surface area (Å²) in [5.41, 5.74) is 6.26. The Balaban J connectivity index is 0.00000300. The summed E-state index contributed by atoms with van der Waals surface area (Å²) in [7, 11) is 2.00. The molecule has 2 heterocycles. The van der Waals surface area contributed by atoms with Gasteiger partial charge in [-0.1, -0.05) is 17.7 Å². The smallest absolute Gasteiger partial charge is 0.191 e. The number of rotatable bonds is 6. The van der Waals surface area contributed by atoms with Crippen LogP contribution in [0, 0.1) is 20.8 Å². The second-order valence-corrected chi connectivity index (χ2v) is 7.70. The maximum Gasteiger partial charge on any atom is 0.191 e. The first-order chi connectivity index (χ1) is 13.5. The molecule has 0 spiro atoms. The second-order valence-electron chi connectivity index (χ2n) is 7.70. The Bertz CT molecular complexity index is 811. The summed E-state index contributed by atoms with van der Waals surface area (Å²) in [6.07, 6.45) is 2.04. The molecule has 1 saturated heterocycles. The standard InChI is InChI=1S/C22H34N6.HI/c1-6-23-22(24-13-11-21-17(3)26-27(5)18(21)4)25-19-12-14-28(15-19)20-9-7-16(2)8-10-20;/h7-10,19H,6,11-15H2,1-5H3,(H2,23,24,25);1H. The number of aryl methyl sites for hydroxylation is 3. The lowest BCUT2D eigenvalue weighted by atomic mass is 10.1. The van der Waals surface area contributed by atoms with Crippen LogP contribution in [0.25, 0.3) is 0 Å². The molecule has 1 aromatic heterocycles. The first kappa shape index (κ1) is 23.5. The van der Waals surface area contributed by atoms with Gasteiger partial charge in [0.25, 0.3) is 0 Å². The molecular weight excluding hydrogens is 475 g/mol. The van der Waals surface area contributed by atoms with Gasteiger partial charge in [0.05, 0.1) is 5.69 Å². The van der Waals surface area contributed by atoms with Crippen LogP contribution in [0.2, 0.25) is 0 Å². The van der Waals surface area contributed by atoms with Crippen LogP contribution in [0.4, 0.5) is 5.69 Å². The van der Waals surface area contributed by atoms with Crippen molar-refractivity contribution in [3.05, 3.63) is 46.8 Å². The normalized spacial score (nSPS) is 16.7. The molecule has 0 saturated carbocycles. The largest absolute Gasteiger partial charge is 0.369 e. The molecule has 1 aliphatic rings. The fourth-order valence-electron chi connectivity index (χ4n) is 3.84. The van der Waals surface area contributed by atoms with Crippen LogP contribution in [-0.4, -0.2) is 48.0 Å². The Morgan fingerprint density at radius 2 is 1.93 bits per heavy atom. The molecule has 1 unspecified atom stereocenters. The molecule has 0 bridgehead atoms. The zero-order valence-corrected chi connectivity index (χ0v) is 20.7. The van der Waals surface area contributed by atoms with E-state index in [0.717, 1.165) is 50.7 Å².